The minimum Gasteiger partial charge on any atom is -0.343 e. The predicted molar refractivity (Wildman–Crippen MR) is 69.4 cm³/mol. The lowest BCUT2D eigenvalue weighted by Crippen LogP contribution is -2.36. The molecule has 0 spiro atoms. The average Bonchev–Trinajstić information content (AvgIpc) is 2.92. The fourth-order valence-electron chi connectivity index (χ4n) is 2.57. The van der Waals surface area contributed by atoms with E-state index >= 15 is 0 Å². The van der Waals surface area contributed by atoms with Crippen LogP contribution in [-0.4, -0.2) is 36.3 Å². The number of amides is 1. The van der Waals surface area contributed by atoms with E-state index in [0.717, 1.165) is 42.3 Å². The van der Waals surface area contributed by atoms with Crippen LogP contribution in [0.1, 0.15) is 34.6 Å². The van der Waals surface area contributed by atoms with Crippen LogP contribution < -0.4 is 5.32 Å². The van der Waals surface area contributed by atoms with E-state index in [2.05, 4.69) is 15.5 Å². The van der Waals surface area contributed by atoms with Crippen molar-refractivity contribution >= 4 is 15.7 Å². The summed E-state index contributed by atoms with van der Waals surface area (Å²) < 4.78 is 22.6. The molecule has 1 aromatic rings. The molecule has 19 heavy (non-hydrogen) atoms. The summed E-state index contributed by atoms with van der Waals surface area (Å²) in [6, 6.07) is -0.451. The van der Waals surface area contributed by atoms with Gasteiger partial charge in [-0.2, -0.15) is 5.10 Å². The highest BCUT2D eigenvalue weighted by Gasteiger charge is 2.26. The molecule has 0 saturated heterocycles. The minimum atomic E-state index is -3.15. The second kappa shape index (κ2) is 4.48. The van der Waals surface area contributed by atoms with Gasteiger partial charge in [-0.05, 0) is 31.8 Å². The van der Waals surface area contributed by atoms with Crippen molar-refractivity contribution in [3.8, 4) is 0 Å². The van der Waals surface area contributed by atoms with Gasteiger partial charge in [-0.3, -0.25) is 9.89 Å². The second-order valence-corrected chi connectivity index (χ2v) is 6.91. The van der Waals surface area contributed by atoms with Crippen molar-refractivity contribution in [2.24, 2.45) is 0 Å². The van der Waals surface area contributed by atoms with E-state index in [-0.39, 0.29) is 11.7 Å². The first-order chi connectivity index (χ1) is 9.05. The summed E-state index contributed by atoms with van der Waals surface area (Å²) in [6.45, 7) is 0. The molecule has 3 rings (SSSR count). The van der Waals surface area contributed by atoms with Crippen LogP contribution in [-0.2, 0) is 22.7 Å². The number of nitrogens with zero attached hydrogens (tertiary/aromatic N) is 1. The summed E-state index contributed by atoms with van der Waals surface area (Å²) in [5.41, 5.74) is 2.42. The molecule has 0 aromatic carbocycles. The molecule has 2 heterocycles. The van der Waals surface area contributed by atoms with Crippen LogP contribution in [0.25, 0.3) is 0 Å². The van der Waals surface area contributed by atoms with E-state index in [4.69, 9.17) is 0 Å². The van der Waals surface area contributed by atoms with E-state index in [0.29, 0.717) is 5.69 Å². The first-order valence-corrected chi connectivity index (χ1v) is 8.05. The molecule has 1 amide bonds. The van der Waals surface area contributed by atoms with Crippen molar-refractivity contribution in [2.75, 3.05) is 5.75 Å². The van der Waals surface area contributed by atoms with Gasteiger partial charge < -0.3 is 5.32 Å². The Labute approximate surface area is 111 Å². The highest BCUT2D eigenvalue weighted by Crippen LogP contribution is 2.22. The Morgan fingerprint density at radius 1 is 1.37 bits per heavy atom. The molecule has 2 N–H and O–H groups in total. The van der Waals surface area contributed by atoms with Crippen LogP contribution in [0.2, 0.25) is 0 Å². The number of aromatic nitrogens is 2. The number of fused-ring (bicyclic) bond motifs is 1. The van der Waals surface area contributed by atoms with Gasteiger partial charge in [0.05, 0.1) is 11.8 Å². The molecular weight excluding hydrogens is 266 g/mol. The van der Waals surface area contributed by atoms with Gasteiger partial charge in [0, 0.05) is 16.7 Å². The predicted octanol–water partition coefficient (Wildman–Crippen LogP) is 0.329. The quantitative estimate of drug-likeness (QED) is 0.817. The van der Waals surface area contributed by atoms with Crippen LogP contribution in [0.4, 0.5) is 0 Å². The second-order valence-electron chi connectivity index (χ2n) is 4.97. The molecule has 0 radical (unpaired) electrons. The third-order valence-electron chi connectivity index (χ3n) is 3.52. The Balaban J connectivity index is 1.75. The van der Waals surface area contributed by atoms with Gasteiger partial charge in [-0.1, -0.05) is 0 Å². The van der Waals surface area contributed by atoms with E-state index in [1.165, 1.54) is 6.08 Å². The third-order valence-corrected chi connectivity index (χ3v) is 4.91. The first kappa shape index (κ1) is 12.4. The third kappa shape index (κ3) is 2.42. The number of aryl methyl sites for hydroxylation is 1. The number of H-pyrrole nitrogens is 1. The van der Waals surface area contributed by atoms with Crippen molar-refractivity contribution in [1.82, 2.24) is 15.5 Å². The van der Waals surface area contributed by atoms with Gasteiger partial charge >= 0.3 is 0 Å². The maximum atomic E-state index is 12.1. The lowest BCUT2D eigenvalue weighted by Gasteiger charge is -2.12. The number of rotatable bonds is 2. The molecule has 102 valence electrons. The Hall–Kier alpha value is -1.63. The minimum absolute atomic E-state index is 0.0641. The highest BCUT2D eigenvalue weighted by atomic mass is 32.2. The molecule has 2 aliphatic rings. The number of aromatic amines is 1. The monoisotopic (exact) mass is 281 g/mol. The molecule has 1 aromatic heterocycles. The normalized spacial score (nSPS) is 24.1. The zero-order chi connectivity index (χ0) is 13.5. The van der Waals surface area contributed by atoms with Crippen molar-refractivity contribution in [2.45, 2.75) is 31.7 Å². The van der Waals surface area contributed by atoms with Crippen LogP contribution in [0.5, 0.6) is 0 Å². The highest BCUT2D eigenvalue weighted by molar-refractivity contribution is 7.94. The van der Waals surface area contributed by atoms with Crippen LogP contribution >= 0.6 is 0 Å². The topological polar surface area (TPSA) is 91.9 Å². The van der Waals surface area contributed by atoms with Crippen molar-refractivity contribution in [3.63, 3.8) is 0 Å². The Morgan fingerprint density at radius 2 is 2.16 bits per heavy atom. The molecule has 0 fully saturated rings. The van der Waals surface area contributed by atoms with Crippen LogP contribution in [0.3, 0.4) is 0 Å². The molecule has 0 unspecified atom stereocenters. The van der Waals surface area contributed by atoms with E-state index in [9.17, 15) is 13.2 Å². The molecule has 6 nitrogen and oxygen atoms in total. The molecule has 1 aliphatic carbocycles. The van der Waals surface area contributed by atoms with Gasteiger partial charge in [-0.15, -0.1) is 0 Å². The van der Waals surface area contributed by atoms with Gasteiger partial charge in [0.1, 0.15) is 0 Å². The molecule has 7 heteroatoms. The summed E-state index contributed by atoms with van der Waals surface area (Å²) in [5.74, 6) is -0.364. The zero-order valence-electron chi connectivity index (χ0n) is 10.3. The standard InChI is InChI=1S/C12H15N3O3S/c16-12(13-8-5-6-19(17,18)7-8)11-9-3-1-2-4-10(9)14-15-11/h5-6,8H,1-4,7H2,(H,13,16)(H,14,15)/t8-/m1/s1. The van der Waals surface area contributed by atoms with Crippen molar-refractivity contribution in [3.05, 3.63) is 28.4 Å². The molecule has 1 atom stereocenters. The summed E-state index contributed by atoms with van der Waals surface area (Å²) >= 11 is 0. The maximum Gasteiger partial charge on any atom is 0.272 e. The molecule has 0 bridgehead atoms. The fourth-order valence-corrected chi connectivity index (χ4v) is 3.81. The summed E-state index contributed by atoms with van der Waals surface area (Å²) in [4.78, 5) is 12.1. The summed E-state index contributed by atoms with van der Waals surface area (Å²) in [5, 5.41) is 10.8. The largest absolute Gasteiger partial charge is 0.343 e. The summed E-state index contributed by atoms with van der Waals surface area (Å²) in [6.07, 6.45) is 5.46. The molecule has 0 saturated carbocycles. The number of hydrogen-bond donors (Lipinski definition) is 2. The smallest absolute Gasteiger partial charge is 0.272 e. The Bertz CT molecular complexity index is 645. The van der Waals surface area contributed by atoms with E-state index < -0.39 is 15.9 Å². The average molecular weight is 281 g/mol. The number of carbonyl (C=O) groups is 1. The SMILES string of the molecule is O=C(N[C@@H]1C=CS(=O)(=O)C1)c1n[nH]c2c1CCCC2. The van der Waals surface area contributed by atoms with Crippen LogP contribution in [0, 0.1) is 0 Å². The Morgan fingerprint density at radius 3 is 2.89 bits per heavy atom. The van der Waals surface area contributed by atoms with E-state index in [1.54, 1.807) is 0 Å². The van der Waals surface area contributed by atoms with Crippen molar-refractivity contribution in [1.29, 1.82) is 0 Å². The van der Waals surface area contributed by atoms with Crippen molar-refractivity contribution < 1.29 is 13.2 Å². The Kier molecular flexibility index (Phi) is 2.93. The van der Waals surface area contributed by atoms with Gasteiger partial charge in [0.2, 0.25) is 0 Å². The maximum absolute atomic E-state index is 12.1. The number of hydrogen-bond acceptors (Lipinski definition) is 4. The van der Waals surface area contributed by atoms with E-state index in [1.807, 2.05) is 0 Å². The molecule has 1 aliphatic heterocycles. The van der Waals surface area contributed by atoms with Crippen LogP contribution in [0.15, 0.2) is 11.5 Å². The first-order valence-electron chi connectivity index (χ1n) is 6.33. The lowest BCUT2D eigenvalue weighted by molar-refractivity contribution is 0.0941. The fraction of sp³-hybridized carbons (Fsp3) is 0.500. The number of sulfone groups is 1. The number of carbonyl (C=O) groups excluding carboxylic acids is 1. The van der Waals surface area contributed by atoms with Gasteiger partial charge in [0.15, 0.2) is 15.5 Å². The molecular formula is C12H15N3O3S. The van der Waals surface area contributed by atoms with Gasteiger partial charge in [0.25, 0.3) is 5.91 Å². The summed E-state index contributed by atoms with van der Waals surface area (Å²) in [7, 11) is -3.15. The lowest BCUT2D eigenvalue weighted by atomic mass is 9.96. The van der Waals surface area contributed by atoms with Gasteiger partial charge in [-0.25, -0.2) is 8.42 Å². The zero-order valence-corrected chi connectivity index (χ0v) is 11.2. The number of nitrogens with one attached hydrogen (secondary N) is 2.